The molecule has 1 N–H and O–H groups in total. The summed E-state index contributed by atoms with van der Waals surface area (Å²) in [5.74, 6) is 0. The average Bonchev–Trinajstić information content (AvgIpc) is 2.29. The second kappa shape index (κ2) is 3.84. The highest BCUT2D eigenvalue weighted by Crippen LogP contribution is 2.22. The van der Waals surface area contributed by atoms with Crippen molar-refractivity contribution in [2.75, 3.05) is 18.8 Å². The zero-order valence-electron chi connectivity index (χ0n) is 8.53. The van der Waals surface area contributed by atoms with Gasteiger partial charge in [0.2, 0.25) is 0 Å². The van der Waals surface area contributed by atoms with Crippen molar-refractivity contribution in [1.29, 1.82) is 0 Å². The van der Waals surface area contributed by atoms with Crippen LogP contribution in [0, 0.1) is 13.8 Å². The van der Waals surface area contributed by atoms with Crippen LogP contribution in [0.5, 0.6) is 0 Å². The Labute approximate surface area is 88.0 Å². The number of hydrogen-bond donors (Lipinski definition) is 1. The molecule has 0 spiro atoms. The molecule has 0 bridgehead atoms. The van der Waals surface area contributed by atoms with E-state index in [1.807, 2.05) is 13.8 Å². The minimum atomic E-state index is -3.42. The number of rotatable bonds is 3. The van der Waals surface area contributed by atoms with Gasteiger partial charge in [-0.3, -0.25) is 0 Å². The van der Waals surface area contributed by atoms with Crippen LogP contribution in [0.25, 0.3) is 0 Å². The Morgan fingerprint density at radius 3 is 2.29 bits per heavy atom. The molecule has 0 saturated heterocycles. The molecule has 1 heterocycles. The van der Waals surface area contributed by atoms with Crippen molar-refractivity contribution in [1.82, 2.24) is 9.29 Å². The molecule has 0 aliphatic heterocycles. The van der Waals surface area contributed by atoms with E-state index < -0.39 is 10.2 Å². The monoisotopic (exact) mass is 235 g/mol. The van der Waals surface area contributed by atoms with Gasteiger partial charge in [0.05, 0.1) is 5.69 Å². The molecule has 0 saturated carbocycles. The zero-order valence-corrected chi connectivity index (χ0v) is 10.2. The van der Waals surface area contributed by atoms with Crippen molar-refractivity contribution < 1.29 is 8.42 Å². The van der Waals surface area contributed by atoms with Crippen molar-refractivity contribution in [2.24, 2.45) is 0 Å². The minimum absolute atomic E-state index is 0.411. The van der Waals surface area contributed by atoms with Crippen LogP contribution in [0.1, 0.15) is 10.6 Å². The van der Waals surface area contributed by atoms with Gasteiger partial charge in [0, 0.05) is 19.0 Å². The van der Waals surface area contributed by atoms with E-state index in [4.69, 9.17) is 0 Å². The SMILES string of the molecule is Cc1nc(NS(=O)(=O)N(C)C)sc1C. The molecule has 14 heavy (non-hydrogen) atoms. The van der Waals surface area contributed by atoms with Crippen LogP contribution in [0.15, 0.2) is 0 Å². The Morgan fingerprint density at radius 1 is 1.36 bits per heavy atom. The number of nitrogens with one attached hydrogen (secondary N) is 1. The summed E-state index contributed by atoms with van der Waals surface area (Å²) >= 11 is 1.33. The van der Waals surface area contributed by atoms with Gasteiger partial charge in [-0.25, -0.2) is 9.71 Å². The summed E-state index contributed by atoms with van der Waals surface area (Å²) in [6.07, 6.45) is 0. The lowest BCUT2D eigenvalue weighted by atomic mass is 10.4. The molecule has 1 rings (SSSR count). The molecule has 0 aliphatic carbocycles. The van der Waals surface area contributed by atoms with Gasteiger partial charge in [0.15, 0.2) is 5.13 Å². The van der Waals surface area contributed by atoms with Gasteiger partial charge >= 0.3 is 10.2 Å². The van der Waals surface area contributed by atoms with Crippen LogP contribution in [-0.4, -0.2) is 31.8 Å². The fourth-order valence-corrected chi connectivity index (χ4v) is 2.32. The molecule has 7 heteroatoms. The van der Waals surface area contributed by atoms with Crippen LogP contribution in [0.4, 0.5) is 5.13 Å². The Morgan fingerprint density at radius 2 is 1.93 bits per heavy atom. The fourth-order valence-electron chi connectivity index (χ4n) is 0.718. The normalized spacial score (nSPS) is 12.1. The van der Waals surface area contributed by atoms with Crippen molar-refractivity contribution in [2.45, 2.75) is 13.8 Å². The highest BCUT2D eigenvalue weighted by atomic mass is 32.2. The maximum absolute atomic E-state index is 11.4. The average molecular weight is 235 g/mol. The maximum Gasteiger partial charge on any atom is 0.302 e. The molecule has 0 fully saturated rings. The minimum Gasteiger partial charge on any atom is -0.246 e. The third-order valence-electron chi connectivity index (χ3n) is 1.73. The topological polar surface area (TPSA) is 62.3 Å². The molecule has 0 aromatic carbocycles. The van der Waals surface area contributed by atoms with Crippen molar-refractivity contribution in [3.05, 3.63) is 10.6 Å². The van der Waals surface area contributed by atoms with E-state index in [2.05, 4.69) is 9.71 Å². The van der Waals surface area contributed by atoms with Crippen molar-refractivity contribution in [3.63, 3.8) is 0 Å². The summed E-state index contributed by atoms with van der Waals surface area (Å²) in [6.45, 7) is 3.75. The van der Waals surface area contributed by atoms with Gasteiger partial charge in [-0.05, 0) is 13.8 Å². The summed E-state index contributed by atoms with van der Waals surface area (Å²) in [7, 11) is -0.488. The Bertz CT molecular complexity index is 403. The summed E-state index contributed by atoms with van der Waals surface area (Å²) < 4.78 is 26.3. The molecule has 0 amide bonds. The fraction of sp³-hybridized carbons (Fsp3) is 0.571. The van der Waals surface area contributed by atoms with Gasteiger partial charge in [0.25, 0.3) is 0 Å². The lowest BCUT2D eigenvalue weighted by molar-refractivity contribution is 0.527. The number of anilines is 1. The van der Waals surface area contributed by atoms with E-state index >= 15 is 0 Å². The van der Waals surface area contributed by atoms with Crippen LogP contribution < -0.4 is 4.72 Å². The van der Waals surface area contributed by atoms with E-state index in [1.165, 1.54) is 25.4 Å². The first-order valence-electron chi connectivity index (χ1n) is 3.97. The van der Waals surface area contributed by atoms with Crippen LogP contribution in [0.2, 0.25) is 0 Å². The molecule has 80 valence electrons. The molecule has 1 aromatic rings. The van der Waals surface area contributed by atoms with Crippen LogP contribution in [-0.2, 0) is 10.2 Å². The summed E-state index contributed by atoms with van der Waals surface area (Å²) in [6, 6.07) is 0. The van der Waals surface area contributed by atoms with E-state index in [-0.39, 0.29) is 0 Å². The van der Waals surface area contributed by atoms with Gasteiger partial charge in [-0.15, -0.1) is 11.3 Å². The first-order chi connectivity index (χ1) is 6.33. The second-order valence-corrected chi connectivity index (χ2v) is 6.14. The number of hydrogen-bond acceptors (Lipinski definition) is 4. The Balaban J connectivity index is 2.90. The highest BCUT2D eigenvalue weighted by Gasteiger charge is 2.15. The highest BCUT2D eigenvalue weighted by molar-refractivity contribution is 7.90. The number of thiazole rings is 1. The van der Waals surface area contributed by atoms with Gasteiger partial charge in [0.1, 0.15) is 0 Å². The van der Waals surface area contributed by atoms with Gasteiger partial charge in [-0.2, -0.15) is 12.7 Å². The van der Waals surface area contributed by atoms with E-state index in [1.54, 1.807) is 0 Å². The predicted molar refractivity (Wildman–Crippen MR) is 57.8 cm³/mol. The second-order valence-electron chi connectivity index (χ2n) is 3.05. The smallest absolute Gasteiger partial charge is 0.246 e. The largest absolute Gasteiger partial charge is 0.302 e. The van der Waals surface area contributed by atoms with Crippen molar-refractivity contribution in [3.8, 4) is 0 Å². The number of aromatic nitrogens is 1. The summed E-state index contributed by atoms with van der Waals surface area (Å²) in [4.78, 5) is 5.09. The Hall–Kier alpha value is -0.660. The third kappa shape index (κ3) is 2.43. The van der Waals surface area contributed by atoms with Gasteiger partial charge < -0.3 is 0 Å². The van der Waals surface area contributed by atoms with Gasteiger partial charge in [-0.1, -0.05) is 0 Å². The molecule has 0 unspecified atom stereocenters. The Kier molecular flexibility index (Phi) is 3.13. The van der Waals surface area contributed by atoms with E-state index in [0.717, 1.165) is 14.9 Å². The zero-order chi connectivity index (χ0) is 10.9. The first kappa shape index (κ1) is 11.4. The van der Waals surface area contributed by atoms with Crippen LogP contribution in [0.3, 0.4) is 0 Å². The molecule has 5 nitrogen and oxygen atoms in total. The lowest BCUT2D eigenvalue weighted by Gasteiger charge is -2.10. The third-order valence-corrected chi connectivity index (χ3v) is 4.26. The predicted octanol–water partition coefficient (Wildman–Crippen LogP) is 0.978. The molecule has 0 aliphatic rings. The molecule has 1 aromatic heterocycles. The number of aryl methyl sites for hydroxylation is 2. The standard InChI is InChI=1S/C7H13N3O2S2/c1-5-6(2)13-7(8-5)9-14(11,12)10(3)4/h1-4H3,(H,8,9). The lowest BCUT2D eigenvalue weighted by Crippen LogP contribution is -2.28. The maximum atomic E-state index is 11.4. The summed E-state index contributed by atoms with van der Waals surface area (Å²) in [5, 5.41) is 0.411. The molecule has 0 radical (unpaired) electrons. The first-order valence-corrected chi connectivity index (χ1v) is 6.23. The van der Waals surface area contributed by atoms with Crippen molar-refractivity contribution >= 4 is 26.7 Å². The molecular weight excluding hydrogens is 222 g/mol. The molecule has 0 atom stereocenters. The molecular formula is C7H13N3O2S2. The quantitative estimate of drug-likeness (QED) is 0.849. The summed E-state index contributed by atoms with van der Waals surface area (Å²) in [5.41, 5.74) is 0.853. The van der Waals surface area contributed by atoms with E-state index in [9.17, 15) is 8.42 Å². The van der Waals surface area contributed by atoms with Crippen LogP contribution >= 0.6 is 11.3 Å². The van der Waals surface area contributed by atoms with E-state index in [0.29, 0.717) is 5.13 Å². The number of nitrogens with zero attached hydrogens (tertiary/aromatic N) is 2.